The third-order valence-corrected chi connectivity index (χ3v) is 9.50. The second-order valence-corrected chi connectivity index (χ2v) is 12.9. The van der Waals surface area contributed by atoms with Crippen molar-refractivity contribution in [3.8, 4) is 5.75 Å². The zero-order chi connectivity index (χ0) is 32.5. The lowest BCUT2D eigenvalue weighted by Gasteiger charge is -2.24. The van der Waals surface area contributed by atoms with Gasteiger partial charge in [0.05, 0.1) is 32.6 Å². The summed E-state index contributed by atoms with van der Waals surface area (Å²) in [4.78, 5) is 61.6. The van der Waals surface area contributed by atoms with Crippen molar-refractivity contribution in [3.63, 3.8) is 0 Å². The van der Waals surface area contributed by atoms with Crippen molar-refractivity contribution < 1.29 is 55.3 Å². The molecule has 0 aliphatic rings. The summed E-state index contributed by atoms with van der Waals surface area (Å²) in [6.07, 6.45) is -2.77. The van der Waals surface area contributed by atoms with Crippen LogP contribution in [0.1, 0.15) is 41.5 Å². The molecule has 228 valence electrons. The molecule has 0 saturated heterocycles. The zero-order valence-electron chi connectivity index (χ0n) is 21.5. The fourth-order valence-electron chi connectivity index (χ4n) is 3.13. The lowest BCUT2D eigenvalue weighted by Crippen LogP contribution is -2.42. The van der Waals surface area contributed by atoms with Crippen molar-refractivity contribution in [1.82, 2.24) is 0 Å². The van der Waals surface area contributed by atoms with Crippen LogP contribution in [-0.4, -0.2) is 60.1 Å². The van der Waals surface area contributed by atoms with E-state index in [1.54, 1.807) is 45.2 Å². The van der Waals surface area contributed by atoms with Gasteiger partial charge in [-0.05, 0) is 80.8 Å². The summed E-state index contributed by atoms with van der Waals surface area (Å²) in [5.74, 6) is -4.27. The van der Waals surface area contributed by atoms with Gasteiger partial charge in [-0.3, -0.25) is 24.3 Å². The Balaban J connectivity index is 2.62. The highest BCUT2D eigenvalue weighted by molar-refractivity contribution is 14.1. The molecule has 0 aliphatic carbocycles. The molecule has 2 aromatic rings. The molecule has 2 N–H and O–H groups in total. The first kappa shape index (κ1) is 35.9. The molecule has 42 heavy (non-hydrogen) atoms. The van der Waals surface area contributed by atoms with Crippen molar-refractivity contribution in [2.45, 2.75) is 32.1 Å². The van der Waals surface area contributed by atoms with Crippen LogP contribution < -0.4 is 15.0 Å². The second kappa shape index (κ2) is 13.5. The summed E-state index contributed by atoms with van der Waals surface area (Å²) in [5.41, 5.74) is -1.64. The standard InChI is InChI=1S/C22H18F2I3N3O11S/c1-8(22(23,24)42(37,38)39)40-20(33)12-7-11(5-6-13(12)30(35)36)41-21(34)14-15(25)18(28-9(2)31)17(27)19(16(14)26)29(4)10(3)32/h5-8H,1-4H3,(H,28,31)(H,37,38,39). The average molecular weight is 951 g/mol. The quantitative estimate of drug-likeness (QED) is 0.0890. The number of halogens is 5. The van der Waals surface area contributed by atoms with Crippen molar-refractivity contribution in [2.24, 2.45) is 0 Å². The number of benzene rings is 2. The largest absolute Gasteiger partial charge is 0.451 e. The molecule has 0 aliphatic heterocycles. The summed E-state index contributed by atoms with van der Waals surface area (Å²) in [7, 11) is -4.58. The van der Waals surface area contributed by atoms with Crippen LogP contribution in [0.25, 0.3) is 0 Å². The zero-order valence-corrected chi connectivity index (χ0v) is 28.8. The number of carbonyl (C=O) groups excluding carboxylic acids is 4. The first-order valence-electron chi connectivity index (χ1n) is 10.9. The van der Waals surface area contributed by atoms with Gasteiger partial charge in [-0.15, -0.1) is 0 Å². The Morgan fingerprint density at radius 3 is 2.14 bits per heavy atom. The van der Waals surface area contributed by atoms with Gasteiger partial charge in [-0.25, -0.2) is 9.59 Å². The first-order valence-corrected chi connectivity index (χ1v) is 15.6. The van der Waals surface area contributed by atoms with Crippen molar-refractivity contribution in [1.29, 1.82) is 0 Å². The summed E-state index contributed by atoms with van der Waals surface area (Å²) in [6.45, 7) is 2.93. The number of hydrogen-bond acceptors (Lipinski definition) is 10. The van der Waals surface area contributed by atoms with Gasteiger partial charge in [-0.2, -0.15) is 17.2 Å². The molecule has 1 atom stereocenters. The molecule has 0 fully saturated rings. The van der Waals surface area contributed by atoms with E-state index in [0.29, 0.717) is 22.6 Å². The van der Waals surface area contributed by atoms with Gasteiger partial charge in [-0.1, -0.05) is 0 Å². The highest BCUT2D eigenvalue weighted by atomic mass is 127. The normalized spacial score (nSPS) is 12.2. The fourth-order valence-corrected chi connectivity index (χ4v) is 8.20. The van der Waals surface area contributed by atoms with E-state index in [9.17, 15) is 46.5 Å². The van der Waals surface area contributed by atoms with Gasteiger partial charge in [0, 0.05) is 33.0 Å². The Hall–Kier alpha value is -2.32. The van der Waals surface area contributed by atoms with Gasteiger partial charge in [0.25, 0.3) is 5.69 Å². The minimum atomic E-state index is -6.01. The number of nitrogens with one attached hydrogen (secondary N) is 1. The second-order valence-electron chi connectivity index (χ2n) is 8.21. The number of nitro groups is 1. The maximum absolute atomic E-state index is 13.9. The Morgan fingerprint density at radius 2 is 1.67 bits per heavy atom. The molecule has 0 bridgehead atoms. The predicted molar refractivity (Wildman–Crippen MR) is 167 cm³/mol. The molecule has 2 amide bonds. The van der Waals surface area contributed by atoms with Gasteiger partial charge in [0.1, 0.15) is 11.3 Å². The molecule has 0 spiro atoms. The maximum Gasteiger partial charge on any atom is 0.405 e. The number of esters is 2. The van der Waals surface area contributed by atoms with E-state index in [4.69, 9.17) is 9.29 Å². The molecule has 0 aromatic heterocycles. The fraction of sp³-hybridized carbons (Fsp3) is 0.273. The van der Waals surface area contributed by atoms with Crippen LogP contribution in [0.3, 0.4) is 0 Å². The van der Waals surface area contributed by atoms with Crippen LogP contribution in [0.4, 0.5) is 25.8 Å². The van der Waals surface area contributed by atoms with Crippen LogP contribution in [-0.2, 0) is 24.4 Å². The highest BCUT2D eigenvalue weighted by Gasteiger charge is 2.52. The number of nitro benzene ring substituents is 1. The topological polar surface area (TPSA) is 200 Å². The summed E-state index contributed by atoms with van der Waals surface area (Å²) < 4.78 is 69.0. The van der Waals surface area contributed by atoms with Crippen LogP contribution in [0.15, 0.2) is 18.2 Å². The number of amides is 2. The third-order valence-electron chi connectivity index (χ3n) is 5.30. The van der Waals surface area contributed by atoms with E-state index in [2.05, 4.69) is 10.1 Å². The Morgan fingerprint density at radius 1 is 1.10 bits per heavy atom. The summed E-state index contributed by atoms with van der Waals surface area (Å²) in [6, 6.07) is 2.28. The molecule has 0 heterocycles. The smallest absolute Gasteiger partial charge is 0.405 e. The molecular formula is C22H18F2I3N3O11S. The van der Waals surface area contributed by atoms with Crippen LogP contribution in [0, 0.1) is 20.8 Å². The van der Waals surface area contributed by atoms with E-state index in [0.717, 1.165) is 6.07 Å². The minimum Gasteiger partial charge on any atom is -0.451 e. The van der Waals surface area contributed by atoms with Crippen LogP contribution >= 0.6 is 67.8 Å². The number of hydrogen-bond donors (Lipinski definition) is 2. The number of ether oxygens (including phenoxy) is 2. The van der Waals surface area contributed by atoms with Gasteiger partial charge >= 0.3 is 27.3 Å². The SMILES string of the molecule is CC(=O)Nc1c(I)c(C(=O)Oc2ccc([N+](=O)[O-])c(C(=O)OC(C)C(F)(F)S(=O)(=O)O)c2)c(I)c(N(C)C(C)=O)c1I. The van der Waals surface area contributed by atoms with Gasteiger partial charge in [0.15, 0.2) is 6.10 Å². The number of rotatable bonds is 9. The Kier molecular flexibility index (Phi) is 11.6. The van der Waals surface area contributed by atoms with E-state index < -0.39 is 67.2 Å². The molecule has 0 saturated carbocycles. The van der Waals surface area contributed by atoms with Crippen LogP contribution in [0.2, 0.25) is 0 Å². The molecular weight excluding hydrogens is 933 g/mol. The lowest BCUT2D eigenvalue weighted by molar-refractivity contribution is -0.385. The first-order chi connectivity index (χ1) is 19.1. The van der Waals surface area contributed by atoms with Crippen molar-refractivity contribution in [2.75, 3.05) is 17.3 Å². The number of alkyl halides is 2. The molecule has 14 nitrogen and oxygen atoms in total. The van der Waals surface area contributed by atoms with E-state index in [1.807, 2.05) is 22.6 Å². The van der Waals surface area contributed by atoms with Crippen LogP contribution in [0.5, 0.6) is 5.75 Å². The molecule has 2 aromatic carbocycles. The minimum absolute atomic E-state index is 0.132. The van der Waals surface area contributed by atoms with E-state index in [-0.39, 0.29) is 24.1 Å². The molecule has 1 unspecified atom stereocenters. The summed E-state index contributed by atoms with van der Waals surface area (Å²) in [5, 5.41) is 9.10. The number of nitrogens with zero attached hydrogens (tertiary/aromatic N) is 2. The van der Waals surface area contributed by atoms with Gasteiger partial charge in [0.2, 0.25) is 11.8 Å². The maximum atomic E-state index is 13.9. The summed E-state index contributed by atoms with van der Waals surface area (Å²) >= 11 is 5.44. The molecule has 0 radical (unpaired) electrons. The highest BCUT2D eigenvalue weighted by Crippen LogP contribution is 2.41. The molecule has 2 rings (SSSR count). The van der Waals surface area contributed by atoms with Crippen molar-refractivity contribution in [3.05, 3.63) is 50.2 Å². The number of carbonyl (C=O) groups is 4. The average Bonchev–Trinajstić information content (AvgIpc) is 2.85. The van der Waals surface area contributed by atoms with E-state index >= 15 is 0 Å². The van der Waals surface area contributed by atoms with Gasteiger partial charge < -0.3 is 19.7 Å². The lowest BCUT2D eigenvalue weighted by atomic mass is 10.1. The third kappa shape index (κ3) is 7.60. The Labute approximate surface area is 277 Å². The van der Waals surface area contributed by atoms with E-state index in [1.165, 1.54) is 25.8 Å². The predicted octanol–water partition coefficient (Wildman–Crippen LogP) is 4.59. The molecule has 20 heteroatoms. The number of anilines is 2. The monoisotopic (exact) mass is 951 g/mol. The van der Waals surface area contributed by atoms with Crippen molar-refractivity contribution >= 4 is 119 Å². The Bertz CT molecular complexity index is 1620.